The van der Waals surface area contributed by atoms with E-state index in [1.807, 2.05) is 0 Å². The molecule has 9 nitrogen and oxygen atoms in total. The van der Waals surface area contributed by atoms with Crippen LogP contribution in [0.25, 0.3) is 0 Å². The van der Waals surface area contributed by atoms with Crippen LogP contribution in [0.4, 0.5) is 0 Å². The normalized spacial score (nSPS) is 32.2. The molecule has 2 N–H and O–H groups in total. The monoisotopic (exact) mass is 228 g/mol. The van der Waals surface area contributed by atoms with E-state index in [1.54, 1.807) is 6.92 Å². The zero-order valence-corrected chi connectivity index (χ0v) is 7.90. The average Bonchev–Trinajstić information content (AvgIpc) is 2.26. The van der Waals surface area contributed by atoms with Gasteiger partial charge in [0.15, 0.2) is 0 Å². The van der Waals surface area contributed by atoms with Gasteiger partial charge in [-0.05, 0) is 25.2 Å². The van der Waals surface area contributed by atoms with Crippen LogP contribution in [0.5, 0.6) is 0 Å². The lowest BCUT2D eigenvalue weighted by Gasteiger charge is -2.24. The van der Waals surface area contributed by atoms with Gasteiger partial charge in [-0.2, -0.15) is 4.89 Å². The van der Waals surface area contributed by atoms with E-state index in [-0.39, 0.29) is 12.5 Å². The van der Waals surface area contributed by atoms with Gasteiger partial charge >= 0.3 is 0 Å². The van der Waals surface area contributed by atoms with E-state index in [4.69, 9.17) is 5.11 Å². The highest BCUT2D eigenvalue weighted by atomic mass is 17.9. The first-order valence-electron chi connectivity index (χ1n) is 4.16. The summed E-state index contributed by atoms with van der Waals surface area (Å²) in [6.45, 7) is 1.18. The molecule has 0 radical (unpaired) electrons. The molecule has 1 heterocycles. The van der Waals surface area contributed by atoms with Gasteiger partial charge in [0, 0.05) is 5.92 Å². The van der Waals surface area contributed by atoms with Gasteiger partial charge in [-0.3, -0.25) is 0 Å². The molecule has 0 bridgehead atoms. The number of rotatable bonds is 2. The molecule has 1 aliphatic heterocycles. The van der Waals surface area contributed by atoms with Crippen LogP contribution in [0.2, 0.25) is 0 Å². The van der Waals surface area contributed by atoms with Crippen LogP contribution in [0.3, 0.4) is 0 Å². The van der Waals surface area contributed by atoms with E-state index in [0.29, 0.717) is 0 Å². The summed E-state index contributed by atoms with van der Waals surface area (Å²) in [7, 11) is 0. The van der Waals surface area contributed by atoms with Gasteiger partial charge in [-0.25, -0.2) is 4.89 Å². The summed E-state index contributed by atoms with van der Waals surface area (Å²) in [6, 6.07) is 0. The minimum atomic E-state index is -1.16. The molecular weight excluding hydrogens is 216 g/mol. The smallest absolute Gasteiger partial charge is 0.129 e. The number of aliphatic hydroxyl groups excluding tert-OH is 2. The molecule has 3 unspecified atom stereocenters. The molecule has 0 aliphatic carbocycles. The van der Waals surface area contributed by atoms with Crippen molar-refractivity contribution in [3.8, 4) is 0 Å². The average molecular weight is 228 g/mol. The van der Waals surface area contributed by atoms with Gasteiger partial charge in [0.05, 0.1) is 13.2 Å². The summed E-state index contributed by atoms with van der Waals surface area (Å²) >= 11 is 0. The van der Waals surface area contributed by atoms with Crippen molar-refractivity contribution >= 4 is 0 Å². The van der Waals surface area contributed by atoms with Crippen LogP contribution in [0.15, 0.2) is 0 Å². The molecule has 1 aliphatic rings. The number of hydrogen-bond donors (Lipinski definition) is 2. The summed E-state index contributed by atoms with van der Waals surface area (Å²) < 4.78 is 0. The first-order valence-corrected chi connectivity index (χ1v) is 4.16. The third-order valence-electron chi connectivity index (χ3n) is 1.77. The summed E-state index contributed by atoms with van der Waals surface area (Å²) in [5, 5.41) is 37.6. The van der Waals surface area contributed by atoms with Crippen LogP contribution in [-0.4, -0.2) is 35.6 Å². The van der Waals surface area contributed by atoms with E-state index in [9.17, 15) is 5.11 Å². The Kier molecular flexibility index (Phi) is 5.93. The van der Waals surface area contributed by atoms with Gasteiger partial charge in [0.2, 0.25) is 0 Å². The lowest BCUT2D eigenvalue weighted by Crippen LogP contribution is -2.39. The molecule has 9 heteroatoms. The third-order valence-corrected chi connectivity index (χ3v) is 1.77. The minimum absolute atomic E-state index is 0.0223. The molecule has 1 rings (SSSR count). The Morgan fingerprint density at radius 1 is 1.20 bits per heavy atom. The van der Waals surface area contributed by atoms with Crippen molar-refractivity contribution in [3.63, 3.8) is 0 Å². The maximum atomic E-state index is 9.35. The number of hydrogen-bond acceptors (Lipinski definition) is 9. The molecule has 15 heavy (non-hydrogen) atoms. The second-order valence-corrected chi connectivity index (χ2v) is 2.91. The fourth-order valence-electron chi connectivity index (χ4n) is 0.987. The quantitative estimate of drug-likeness (QED) is 0.573. The van der Waals surface area contributed by atoms with Gasteiger partial charge in [0.25, 0.3) is 0 Å². The first kappa shape index (κ1) is 12.7. The van der Waals surface area contributed by atoms with Crippen molar-refractivity contribution in [1.82, 2.24) is 0 Å². The molecule has 90 valence electrons. The fourth-order valence-corrected chi connectivity index (χ4v) is 0.987. The lowest BCUT2D eigenvalue weighted by atomic mass is 10.0. The van der Waals surface area contributed by atoms with E-state index < -0.39 is 18.8 Å². The van der Waals surface area contributed by atoms with Gasteiger partial charge < -0.3 is 10.2 Å². The minimum Gasteiger partial charge on any atom is -0.394 e. The zero-order chi connectivity index (χ0) is 11.1. The third kappa shape index (κ3) is 4.34. The van der Waals surface area contributed by atoms with Crippen LogP contribution >= 0.6 is 0 Å². The molecule has 0 amide bonds. The molecule has 3 atom stereocenters. The van der Waals surface area contributed by atoms with Crippen LogP contribution < -0.4 is 0 Å². The Labute approximate surface area is 84.5 Å². The molecule has 1 fully saturated rings. The molecule has 1 saturated heterocycles. The summed E-state index contributed by atoms with van der Waals surface area (Å²) in [5.41, 5.74) is 0. The van der Waals surface area contributed by atoms with Crippen molar-refractivity contribution in [2.24, 2.45) is 5.92 Å². The predicted octanol–water partition coefficient (Wildman–Crippen LogP) is -1.04. The second kappa shape index (κ2) is 7.00. The summed E-state index contributed by atoms with van der Waals surface area (Å²) in [4.78, 5) is 9.10. The molecule has 0 aromatic carbocycles. The van der Waals surface area contributed by atoms with Crippen molar-refractivity contribution in [1.29, 1.82) is 0 Å². The van der Waals surface area contributed by atoms with Crippen LogP contribution in [0, 0.1) is 5.92 Å². The van der Waals surface area contributed by atoms with Crippen molar-refractivity contribution < 1.29 is 45.2 Å². The fraction of sp³-hybridized carbons (Fsp3) is 1.00. The van der Waals surface area contributed by atoms with Crippen LogP contribution in [0.1, 0.15) is 6.92 Å². The largest absolute Gasteiger partial charge is 0.394 e. The van der Waals surface area contributed by atoms with Crippen molar-refractivity contribution in [2.75, 3.05) is 13.2 Å². The molecule has 0 saturated carbocycles. The Morgan fingerprint density at radius 3 is 2.60 bits per heavy atom. The SMILES string of the molecule is CC1COOOOOOOC1C(O)CO. The standard InChI is InChI=1S/C6H12O9/c1-4-3-9-11-13-15-14-12-10-6(4)5(8)2-7/h4-8H,2-3H2,1H3. The van der Waals surface area contributed by atoms with Gasteiger partial charge in [-0.15, -0.1) is 0 Å². The predicted molar refractivity (Wildman–Crippen MR) is 38.5 cm³/mol. The molecule has 0 aromatic heterocycles. The Morgan fingerprint density at radius 2 is 1.87 bits per heavy atom. The van der Waals surface area contributed by atoms with E-state index >= 15 is 0 Å². The highest BCUT2D eigenvalue weighted by Gasteiger charge is 2.29. The highest BCUT2D eigenvalue weighted by molar-refractivity contribution is 4.72. The van der Waals surface area contributed by atoms with Gasteiger partial charge in [-0.1, -0.05) is 6.92 Å². The highest BCUT2D eigenvalue weighted by Crippen LogP contribution is 2.14. The second-order valence-electron chi connectivity index (χ2n) is 2.91. The maximum Gasteiger partial charge on any atom is 0.129 e. The van der Waals surface area contributed by atoms with Gasteiger partial charge in [0.1, 0.15) is 12.2 Å². The molecular formula is C6H12O9. The van der Waals surface area contributed by atoms with Crippen molar-refractivity contribution in [3.05, 3.63) is 0 Å². The first-order chi connectivity index (χ1) is 7.25. The van der Waals surface area contributed by atoms with Crippen molar-refractivity contribution in [2.45, 2.75) is 19.1 Å². The maximum absolute atomic E-state index is 9.35. The summed E-state index contributed by atoms with van der Waals surface area (Å²) in [5.74, 6) is -0.350. The van der Waals surface area contributed by atoms with Crippen LogP contribution in [-0.2, 0) is 35.0 Å². The number of aliphatic hydroxyl groups is 2. The van der Waals surface area contributed by atoms with E-state index in [2.05, 4.69) is 35.0 Å². The van der Waals surface area contributed by atoms with E-state index in [1.165, 1.54) is 0 Å². The molecule has 0 spiro atoms. The zero-order valence-electron chi connectivity index (χ0n) is 7.90. The summed E-state index contributed by atoms with van der Waals surface area (Å²) in [6.07, 6.45) is -2.03. The topological polar surface area (TPSA) is 105 Å². The Balaban J connectivity index is 2.46. The Bertz CT molecular complexity index is 165. The lowest BCUT2D eigenvalue weighted by molar-refractivity contribution is -0.797. The molecule has 0 aromatic rings. The van der Waals surface area contributed by atoms with E-state index in [0.717, 1.165) is 0 Å². The Hall–Kier alpha value is -0.360.